The van der Waals surface area contributed by atoms with Crippen LogP contribution in [0.25, 0.3) is 22.2 Å². The molecule has 84 valence electrons. The van der Waals surface area contributed by atoms with Gasteiger partial charge in [0.05, 0.1) is 5.52 Å². The number of nitrogen functional groups attached to an aromatic ring is 1. The summed E-state index contributed by atoms with van der Waals surface area (Å²) in [4.78, 5) is 3.01. The molecule has 0 atom stereocenters. The number of aromatic hydroxyl groups is 1. The van der Waals surface area contributed by atoms with Crippen molar-refractivity contribution >= 4 is 16.7 Å². The van der Waals surface area contributed by atoms with Gasteiger partial charge in [-0.05, 0) is 18.2 Å². The molecule has 5 nitrogen and oxygen atoms in total. The second kappa shape index (κ2) is 3.48. The van der Waals surface area contributed by atoms with Gasteiger partial charge in [0.2, 0.25) is 0 Å². The lowest BCUT2D eigenvalue weighted by Gasteiger charge is -2.05. The molecule has 0 saturated carbocycles. The van der Waals surface area contributed by atoms with Crippen LogP contribution < -0.4 is 5.73 Å². The van der Waals surface area contributed by atoms with E-state index in [9.17, 15) is 5.11 Å². The Hall–Kier alpha value is -2.56. The summed E-state index contributed by atoms with van der Waals surface area (Å²) in [6, 6.07) is 8.87. The first-order valence-electron chi connectivity index (χ1n) is 5.15. The van der Waals surface area contributed by atoms with Crippen molar-refractivity contribution in [2.45, 2.75) is 0 Å². The van der Waals surface area contributed by atoms with Gasteiger partial charge >= 0.3 is 0 Å². The topological polar surface area (TPSA) is 87.8 Å². The van der Waals surface area contributed by atoms with E-state index < -0.39 is 0 Å². The van der Waals surface area contributed by atoms with E-state index in [-0.39, 0.29) is 5.75 Å². The lowest BCUT2D eigenvalue weighted by molar-refractivity contribution is 0.477. The summed E-state index contributed by atoms with van der Waals surface area (Å²) in [5.41, 5.74) is 7.71. The van der Waals surface area contributed by atoms with Crippen LogP contribution in [0.15, 0.2) is 36.5 Å². The molecule has 0 fully saturated rings. The van der Waals surface area contributed by atoms with Gasteiger partial charge in [-0.3, -0.25) is 0 Å². The summed E-state index contributed by atoms with van der Waals surface area (Å²) in [7, 11) is 0. The molecule has 4 N–H and O–H groups in total. The molecule has 0 aliphatic heterocycles. The van der Waals surface area contributed by atoms with Crippen LogP contribution in [0.3, 0.4) is 0 Å². The lowest BCUT2D eigenvalue weighted by Crippen LogP contribution is -1.96. The van der Waals surface area contributed by atoms with Crippen LogP contribution in [0.4, 0.5) is 5.82 Å². The number of aromatic amines is 1. The van der Waals surface area contributed by atoms with Crippen LogP contribution in [0.5, 0.6) is 5.75 Å². The van der Waals surface area contributed by atoms with E-state index in [1.165, 1.54) is 0 Å². The highest BCUT2D eigenvalue weighted by atomic mass is 16.3. The summed E-state index contributed by atoms with van der Waals surface area (Å²) in [5, 5.41) is 18.6. The van der Waals surface area contributed by atoms with Crippen molar-refractivity contribution in [2.75, 3.05) is 5.73 Å². The highest BCUT2D eigenvalue weighted by molar-refractivity contribution is 5.98. The van der Waals surface area contributed by atoms with Crippen molar-refractivity contribution < 1.29 is 5.11 Å². The van der Waals surface area contributed by atoms with Gasteiger partial charge in [0.15, 0.2) is 5.82 Å². The normalized spacial score (nSPS) is 10.8. The Kier molecular flexibility index (Phi) is 1.98. The van der Waals surface area contributed by atoms with E-state index >= 15 is 0 Å². The van der Waals surface area contributed by atoms with Crippen LogP contribution in [0.2, 0.25) is 0 Å². The number of H-pyrrole nitrogens is 1. The van der Waals surface area contributed by atoms with Crippen molar-refractivity contribution in [1.29, 1.82) is 0 Å². The van der Waals surface area contributed by atoms with E-state index in [2.05, 4.69) is 15.2 Å². The molecule has 3 aromatic rings. The second-order valence-electron chi connectivity index (χ2n) is 3.72. The SMILES string of the molecule is Nc1nnc(-c2ccccc2O)c2cc[nH]c12. The lowest BCUT2D eigenvalue weighted by atomic mass is 10.1. The van der Waals surface area contributed by atoms with Crippen molar-refractivity contribution in [3.05, 3.63) is 36.5 Å². The first-order valence-corrected chi connectivity index (χ1v) is 5.15. The molecule has 2 heterocycles. The zero-order valence-electron chi connectivity index (χ0n) is 8.88. The van der Waals surface area contributed by atoms with Gasteiger partial charge in [0.1, 0.15) is 11.4 Å². The van der Waals surface area contributed by atoms with Gasteiger partial charge in [-0.15, -0.1) is 10.2 Å². The summed E-state index contributed by atoms with van der Waals surface area (Å²) in [6.07, 6.45) is 1.77. The van der Waals surface area contributed by atoms with Gasteiger partial charge in [-0.1, -0.05) is 12.1 Å². The number of rotatable bonds is 1. The number of phenolic OH excluding ortho intramolecular Hbond substituents is 1. The van der Waals surface area contributed by atoms with Crippen molar-refractivity contribution in [3.63, 3.8) is 0 Å². The Bertz CT molecular complexity index is 690. The van der Waals surface area contributed by atoms with E-state index in [1.54, 1.807) is 24.4 Å². The molecule has 0 amide bonds. The third-order valence-electron chi connectivity index (χ3n) is 2.68. The standard InChI is InChI=1S/C12H10N4O/c13-12-11-8(5-6-14-11)10(15-16-12)7-3-1-2-4-9(7)17/h1-6,14,17H,(H2,13,16). The Morgan fingerprint density at radius 2 is 1.94 bits per heavy atom. The Balaban J connectivity index is 2.35. The van der Waals surface area contributed by atoms with Crippen LogP contribution >= 0.6 is 0 Å². The Labute approximate surface area is 96.9 Å². The third kappa shape index (κ3) is 1.40. The van der Waals surface area contributed by atoms with E-state index in [0.29, 0.717) is 17.1 Å². The highest BCUT2D eigenvalue weighted by Crippen LogP contribution is 2.32. The van der Waals surface area contributed by atoms with Crippen LogP contribution in [-0.2, 0) is 0 Å². The van der Waals surface area contributed by atoms with Gasteiger partial charge in [-0.25, -0.2) is 0 Å². The summed E-state index contributed by atoms with van der Waals surface area (Å²) >= 11 is 0. The van der Waals surface area contributed by atoms with Crippen molar-refractivity contribution in [2.24, 2.45) is 0 Å². The first kappa shape index (κ1) is 9.65. The number of fused-ring (bicyclic) bond motifs is 1. The van der Waals surface area contributed by atoms with Gasteiger partial charge in [-0.2, -0.15) is 0 Å². The number of nitrogens with two attached hydrogens (primary N) is 1. The maximum atomic E-state index is 9.82. The largest absolute Gasteiger partial charge is 0.507 e. The molecule has 3 rings (SSSR count). The van der Waals surface area contributed by atoms with Crippen molar-refractivity contribution in [3.8, 4) is 17.0 Å². The summed E-state index contributed by atoms with van der Waals surface area (Å²) in [5.74, 6) is 0.526. The molecule has 1 aromatic carbocycles. The number of phenols is 1. The molecule has 2 aromatic heterocycles. The summed E-state index contributed by atoms with van der Waals surface area (Å²) in [6.45, 7) is 0. The number of para-hydroxylation sites is 1. The molecule has 5 heteroatoms. The first-order chi connectivity index (χ1) is 8.27. The van der Waals surface area contributed by atoms with Crippen molar-refractivity contribution in [1.82, 2.24) is 15.2 Å². The predicted molar refractivity (Wildman–Crippen MR) is 65.4 cm³/mol. The molecular formula is C12H10N4O. The molecule has 0 aliphatic rings. The fraction of sp³-hybridized carbons (Fsp3) is 0. The molecule has 0 bridgehead atoms. The van der Waals surface area contributed by atoms with Crippen LogP contribution in [-0.4, -0.2) is 20.3 Å². The highest BCUT2D eigenvalue weighted by Gasteiger charge is 2.12. The average Bonchev–Trinajstić information content (AvgIpc) is 2.81. The minimum Gasteiger partial charge on any atom is -0.507 e. The van der Waals surface area contributed by atoms with Crippen LogP contribution in [0, 0.1) is 0 Å². The van der Waals surface area contributed by atoms with E-state index in [1.807, 2.05) is 12.1 Å². The average molecular weight is 226 g/mol. The predicted octanol–water partition coefficient (Wildman–Crippen LogP) is 1.91. The molecule has 0 spiro atoms. The number of anilines is 1. The number of benzene rings is 1. The number of hydrogen-bond donors (Lipinski definition) is 3. The quantitative estimate of drug-likeness (QED) is 0.591. The molecule has 17 heavy (non-hydrogen) atoms. The summed E-state index contributed by atoms with van der Waals surface area (Å²) < 4.78 is 0. The monoisotopic (exact) mass is 226 g/mol. The number of hydrogen-bond acceptors (Lipinski definition) is 4. The molecule has 0 saturated heterocycles. The molecule has 0 unspecified atom stereocenters. The molecular weight excluding hydrogens is 216 g/mol. The van der Waals surface area contributed by atoms with Gasteiger partial charge in [0, 0.05) is 17.1 Å². The third-order valence-corrected chi connectivity index (χ3v) is 2.68. The Morgan fingerprint density at radius 3 is 2.76 bits per heavy atom. The fourth-order valence-corrected chi connectivity index (χ4v) is 1.86. The zero-order chi connectivity index (χ0) is 11.8. The molecule has 0 aliphatic carbocycles. The van der Waals surface area contributed by atoms with E-state index in [4.69, 9.17) is 5.73 Å². The maximum absolute atomic E-state index is 9.82. The number of nitrogens with zero attached hydrogens (tertiary/aromatic N) is 2. The number of nitrogens with one attached hydrogen (secondary N) is 1. The minimum absolute atomic E-state index is 0.175. The molecule has 0 radical (unpaired) electrons. The fourth-order valence-electron chi connectivity index (χ4n) is 1.86. The minimum atomic E-state index is 0.175. The van der Waals surface area contributed by atoms with Gasteiger partial charge in [0.25, 0.3) is 0 Å². The number of aromatic nitrogens is 3. The Morgan fingerprint density at radius 1 is 1.12 bits per heavy atom. The zero-order valence-corrected chi connectivity index (χ0v) is 8.88. The maximum Gasteiger partial charge on any atom is 0.170 e. The second-order valence-corrected chi connectivity index (χ2v) is 3.72. The van der Waals surface area contributed by atoms with E-state index in [0.717, 1.165) is 10.9 Å². The van der Waals surface area contributed by atoms with Crippen LogP contribution in [0.1, 0.15) is 0 Å². The van der Waals surface area contributed by atoms with Gasteiger partial charge < -0.3 is 15.8 Å². The smallest absolute Gasteiger partial charge is 0.170 e.